The minimum atomic E-state index is -0.218. The Labute approximate surface area is 87.6 Å². The van der Waals surface area contributed by atoms with Crippen molar-refractivity contribution in [1.29, 1.82) is 0 Å². The maximum Gasteiger partial charge on any atom is 0.124 e. The first kappa shape index (κ1) is 10.0. The number of allylic oxidation sites excluding steroid dienone is 1. The molecule has 6 heteroatoms. The number of aromatic amines is 1. The van der Waals surface area contributed by atoms with Crippen LogP contribution in [0.1, 0.15) is 24.4 Å². The summed E-state index contributed by atoms with van der Waals surface area (Å²) in [5.74, 6) is 6.82. The average molecular weight is 209 g/mol. The Morgan fingerprint density at radius 2 is 2.47 bits per heavy atom. The lowest BCUT2D eigenvalue weighted by atomic mass is 10.1. The second-order valence-electron chi connectivity index (χ2n) is 3.44. The van der Waals surface area contributed by atoms with Crippen molar-refractivity contribution in [2.24, 2.45) is 5.84 Å². The first-order valence-electron chi connectivity index (χ1n) is 4.90. The molecule has 1 aliphatic rings. The molecule has 0 bridgehead atoms. The van der Waals surface area contributed by atoms with E-state index in [1.165, 1.54) is 0 Å². The number of ether oxygens (including phenoxy) is 1. The van der Waals surface area contributed by atoms with Crippen LogP contribution in [0.3, 0.4) is 0 Å². The lowest BCUT2D eigenvalue weighted by molar-refractivity contribution is 0.168. The molecule has 1 aromatic rings. The number of hydrogen-bond acceptors (Lipinski definition) is 5. The number of nitrogens with zero attached hydrogens (tertiary/aromatic N) is 1. The van der Waals surface area contributed by atoms with E-state index in [4.69, 9.17) is 16.3 Å². The van der Waals surface area contributed by atoms with E-state index in [2.05, 4.69) is 15.6 Å². The van der Waals surface area contributed by atoms with Gasteiger partial charge in [0.1, 0.15) is 17.6 Å². The largest absolute Gasteiger partial charge is 0.496 e. The maximum atomic E-state index is 5.73. The highest BCUT2D eigenvalue weighted by Gasteiger charge is 2.21. The van der Waals surface area contributed by atoms with Crippen molar-refractivity contribution in [1.82, 2.24) is 15.6 Å². The molecule has 1 aliphatic heterocycles. The fourth-order valence-corrected chi connectivity index (χ4v) is 1.64. The molecule has 0 aromatic carbocycles. The Bertz CT molecular complexity index is 359. The van der Waals surface area contributed by atoms with Crippen molar-refractivity contribution >= 4 is 5.82 Å². The molecule has 0 amide bonds. The Morgan fingerprint density at radius 1 is 1.60 bits per heavy atom. The SMILES string of the molecule is NNC(C1=CCCCO1)c1cn[nH]c1N. The molecule has 0 radical (unpaired) electrons. The first-order chi connectivity index (χ1) is 7.33. The predicted octanol–water partition coefficient (Wildman–Crippen LogP) is 0.191. The van der Waals surface area contributed by atoms with Gasteiger partial charge in [0, 0.05) is 5.56 Å². The van der Waals surface area contributed by atoms with Gasteiger partial charge in [0.15, 0.2) is 0 Å². The van der Waals surface area contributed by atoms with E-state index >= 15 is 0 Å². The molecule has 82 valence electrons. The Kier molecular flexibility index (Phi) is 2.89. The fraction of sp³-hybridized carbons (Fsp3) is 0.444. The van der Waals surface area contributed by atoms with Crippen LogP contribution in [0.15, 0.2) is 18.0 Å². The zero-order valence-electron chi connectivity index (χ0n) is 8.36. The summed E-state index contributed by atoms with van der Waals surface area (Å²) in [6, 6.07) is -0.218. The van der Waals surface area contributed by atoms with Crippen LogP contribution in [0.25, 0.3) is 0 Å². The molecule has 0 saturated heterocycles. The summed E-state index contributed by atoms with van der Waals surface area (Å²) in [6.45, 7) is 0.724. The highest BCUT2D eigenvalue weighted by atomic mass is 16.5. The quantitative estimate of drug-likeness (QED) is 0.420. The van der Waals surface area contributed by atoms with Gasteiger partial charge in [0.2, 0.25) is 0 Å². The van der Waals surface area contributed by atoms with Gasteiger partial charge in [-0.05, 0) is 18.9 Å². The summed E-state index contributed by atoms with van der Waals surface area (Å²) in [4.78, 5) is 0. The third-order valence-electron chi connectivity index (χ3n) is 2.42. The molecule has 15 heavy (non-hydrogen) atoms. The molecule has 6 nitrogen and oxygen atoms in total. The number of nitrogens with one attached hydrogen (secondary N) is 2. The Morgan fingerprint density at radius 3 is 3.00 bits per heavy atom. The minimum absolute atomic E-state index is 0.218. The van der Waals surface area contributed by atoms with Crippen molar-refractivity contribution in [3.05, 3.63) is 23.6 Å². The van der Waals surface area contributed by atoms with Crippen LogP contribution in [0, 0.1) is 0 Å². The van der Waals surface area contributed by atoms with Gasteiger partial charge in [0.25, 0.3) is 0 Å². The third-order valence-corrected chi connectivity index (χ3v) is 2.42. The summed E-state index contributed by atoms with van der Waals surface area (Å²) in [6.07, 6.45) is 5.73. The van der Waals surface area contributed by atoms with Gasteiger partial charge in [-0.2, -0.15) is 5.10 Å². The second-order valence-corrected chi connectivity index (χ2v) is 3.44. The summed E-state index contributed by atoms with van der Waals surface area (Å²) in [5, 5.41) is 6.53. The number of H-pyrrole nitrogens is 1. The van der Waals surface area contributed by atoms with Crippen LogP contribution in [-0.2, 0) is 4.74 Å². The molecule has 1 atom stereocenters. The number of hydrazine groups is 1. The Hall–Kier alpha value is -1.53. The maximum absolute atomic E-state index is 5.73. The van der Waals surface area contributed by atoms with E-state index < -0.39 is 0 Å². The number of hydrogen-bond donors (Lipinski definition) is 4. The first-order valence-corrected chi connectivity index (χ1v) is 4.90. The monoisotopic (exact) mass is 209 g/mol. The van der Waals surface area contributed by atoms with Gasteiger partial charge >= 0.3 is 0 Å². The summed E-state index contributed by atoms with van der Waals surface area (Å²) in [7, 11) is 0. The number of nitrogens with two attached hydrogens (primary N) is 2. The van der Waals surface area contributed by atoms with E-state index in [9.17, 15) is 0 Å². The normalized spacial score (nSPS) is 18.1. The van der Waals surface area contributed by atoms with Gasteiger partial charge in [-0.15, -0.1) is 0 Å². The summed E-state index contributed by atoms with van der Waals surface area (Å²) < 4.78 is 5.53. The van der Waals surface area contributed by atoms with Crippen LogP contribution in [0.4, 0.5) is 5.82 Å². The van der Waals surface area contributed by atoms with Crippen molar-refractivity contribution in [2.45, 2.75) is 18.9 Å². The van der Waals surface area contributed by atoms with E-state index in [0.29, 0.717) is 5.82 Å². The van der Waals surface area contributed by atoms with Crippen LogP contribution in [-0.4, -0.2) is 16.8 Å². The van der Waals surface area contributed by atoms with Crippen molar-refractivity contribution in [3.63, 3.8) is 0 Å². The molecular weight excluding hydrogens is 194 g/mol. The van der Waals surface area contributed by atoms with E-state index in [0.717, 1.165) is 30.8 Å². The fourth-order valence-electron chi connectivity index (χ4n) is 1.64. The van der Waals surface area contributed by atoms with Gasteiger partial charge in [-0.25, -0.2) is 5.43 Å². The molecule has 0 spiro atoms. The van der Waals surface area contributed by atoms with Crippen LogP contribution in [0.2, 0.25) is 0 Å². The minimum Gasteiger partial charge on any atom is -0.496 e. The molecule has 1 unspecified atom stereocenters. The molecule has 6 N–H and O–H groups in total. The number of aromatic nitrogens is 2. The summed E-state index contributed by atoms with van der Waals surface area (Å²) >= 11 is 0. The lowest BCUT2D eigenvalue weighted by Gasteiger charge is -2.22. The third kappa shape index (κ3) is 1.95. The average Bonchev–Trinajstić information content (AvgIpc) is 2.68. The van der Waals surface area contributed by atoms with Crippen molar-refractivity contribution < 1.29 is 4.74 Å². The van der Waals surface area contributed by atoms with Gasteiger partial charge < -0.3 is 10.5 Å². The number of nitrogen functional groups attached to an aromatic ring is 1. The van der Waals surface area contributed by atoms with E-state index in [-0.39, 0.29) is 6.04 Å². The predicted molar refractivity (Wildman–Crippen MR) is 56.3 cm³/mol. The molecule has 0 saturated carbocycles. The molecule has 0 fully saturated rings. The van der Waals surface area contributed by atoms with Crippen LogP contribution >= 0.6 is 0 Å². The van der Waals surface area contributed by atoms with Crippen LogP contribution in [0.5, 0.6) is 0 Å². The van der Waals surface area contributed by atoms with E-state index in [1.54, 1.807) is 6.20 Å². The highest BCUT2D eigenvalue weighted by molar-refractivity contribution is 5.42. The Balaban J connectivity index is 2.24. The smallest absolute Gasteiger partial charge is 0.124 e. The number of rotatable bonds is 3. The van der Waals surface area contributed by atoms with E-state index in [1.807, 2.05) is 6.08 Å². The van der Waals surface area contributed by atoms with Crippen molar-refractivity contribution in [3.8, 4) is 0 Å². The molecule has 2 rings (SSSR count). The standard InChI is InChI=1S/C9H15N5O/c10-9-6(5-12-14-9)8(13-11)7-3-1-2-4-15-7/h3,5,8,13H,1-2,4,11H2,(H3,10,12,14). The highest BCUT2D eigenvalue weighted by Crippen LogP contribution is 2.27. The van der Waals surface area contributed by atoms with Gasteiger partial charge in [-0.1, -0.05) is 0 Å². The zero-order chi connectivity index (χ0) is 10.7. The topological polar surface area (TPSA) is 102 Å². The number of anilines is 1. The van der Waals surface area contributed by atoms with Gasteiger partial charge in [-0.3, -0.25) is 10.9 Å². The summed E-state index contributed by atoms with van der Waals surface area (Å²) in [5.41, 5.74) is 9.22. The molecule has 1 aromatic heterocycles. The van der Waals surface area contributed by atoms with Gasteiger partial charge in [0.05, 0.1) is 12.8 Å². The zero-order valence-corrected chi connectivity index (χ0v) is 8.36. The lowest BCUT2D eigenvalue weighted by Crippen LogP contribution is -2.31. The second kappa shape index (κ2) is 4.33. The molecular formula is C9H15N5O. The molecule has 2 heterocycles. The molecule has 0 aliphatic carbocycles. The van der Waals surface area contributed by atoms with Crippen molar-refractivity contribution in [2.75, 3.05) is 12.3 Å². The van der Waals surface area contributed by atoms with Crippen LogP contribution < -0.4 is 17.0 Å².